The normalized spacial score (nSPS) is 6.56. The van der Waals surface area contributed by atoms with E-state index in [1.807, 2.05) is 0 Å². The van der Waals surface area contributed by atoms with Crippen LogP contribution in [0, 0.1) is 0 Å². The van der Waals surface area contributed by atoms with Crippen molar-refractivity contribution in [2.75, 3.05) is 0 Å². The van der Waals surface area contributed by atoms with Gasteiger partial charge < -0.3 is 20.8 Å². The van der Waals surface area contributed by atoms with Crippen molar-refractivity contribution in [3.63, 3.8) is 0 Å². The molecule has 5 nitrogen and oxygen atoms in total. The second-order valence-electron chi connectivity index (χ2n) is 0.513. The molecule has 0 rings (SSSR count). The number of halogens is 1. The average Bonchev–Trinajstić information content (AvgIpc) is 0.722. The third kappa shape index (κ3) is 81.8. The molecule has 0 heterocycles. The molecule has 0 saturated heterocycles. The van der Waals surface area contributed by atoms with Crippen LogP contribution in [0.25, 0.3) is 0 Å². The Kier molecular flexibility index (Phi) is 46.2. The molecule has 0 saturated carbocycles. The summed E-state index contributed by atoms with van der Waals surface area (Å²) in [6.45, 7) is 0. The van der Waals surface area contributed by atoms with Gasteiger partial charge in [-0.15, -0.1) is 12.4 Å². The summed E-state index contributed by atoms with van der Waals surface area (Å²) in [6.07, 6.45) is 0. The molecule has 9 heavy (non-hydrogen) atoms. The Morgan fingerprint density at radius 3 is 1.00 bits per heavy atom. The van der Waals surface area contributed by atoms with E-state index < -0.39 is 7.82 Å². The Balaban J connectivity index is -0.0000000133. The van der Waals surface area contributed by atoms with Gasteiger partial charge in [0.25, 0.3) is 0 Å². The summed E-state index contributed by atoms with van der Waals surface area (Å²) < 4.78 is 8.88. The van der Waals surface area contributed by atoms with Crippen LogP contribution in [0.5, 0.6) is 0 Å². The van der Waals surface area contributed by atoms with Crippen LogP contribution in [0.4, 0.5) is 0 Å². The summed E-state index contributed by atoms with van der Waals surface area (Å²) in [5.74, 6) is 0. The van der Waals surface area contributed by atoms with E-state index in [2.05, 4.69) is 0 Å². The van der Waals surface area contributed by atoms with Gasteiger partial charge in [0.05, 0.1) is 0 Å². The summed E-state index contributed by atoms with van der Waals surface area (Å²) in [5, 5.41) is 0. The van der Waals surface area contributed by atoms with Crippen molar-refractivity contribution >= 4 is 123 Å². The van der Waals surface area contributed by atoms with Crippen molar-refractivity contribution in [3.8, 4) is 0 Å². The summed E-state index contributed by atoms with van der Waals surface area (Å²) in [7, 11) is -4.64. The Morgan fingerprint density at radius 1 is 1.00 bits per heavy atom. The average molecular weight is 232 g/mol. The fourth-order valence-electron chi connectivity index (χ4n) is 0. The van der Waals surface area contributed by atoms with Crippen molar-refractivity contribution in [1.82, 2.24) is 6.15 Å². The van der Waals surface area contributed by atoms with E-state index in [-0.39, 0.29) is 121 Å². The topological polar surface area (TPSA) is 113 Å². The Morgan fingerprint density at radius 2 is 1.00 bits per heavy atom. The Bertz CT molecular complexity index is 64.7. The van der Waals surface area contributed by atoms with Gasteiger partial charge in [0.15, 0.2) is 0 Å². The first-order valence-electron chi connectivity index (χ1n) is 0.783. The van der Waals surface area contributed by atoms with Crippen molar-refractivity contribution in [2.24, 2.45) is 0 Å². The summed E-state index contributed by atoms with van der Waals surface area (Å²) >= 11 is 0. The second kappa shape index (κ2) is 14.2. The van der Waals surface area contributed by atoms with Gasteiger partial charge in [0.1, 0.15) is 0 Å². The van der Waals surface area contributed by atoms with Gasteiger partial charge in [-0.05, 0) is 0 Å². The molecule has 0 radical (unpaired) electrons. The molecule has 9 heteroatoms. The molecular weight excluding hydrogens is 223 g/mol. The van der Waals surface area contributed by atoms with Crippen molar-refractivity contribution in [2.45, 2.75) is 0 Å². The molecule has 0 aromatic carbocycles. The van der Waals surface area contributed by atoms with Crippen LogP contribution in [0.3, 0.4) is 0 Å². The van der Waals surface area contributed by atoms with Crippen molar-refractivity contribution in [3.05, 3.63) is 0 Å². The first-order valence-corrected chi connectivity index (χ1v) is 2.35. The summed E-state index contributed by atoms with van der Waals surface area (Å²) in [5.41, 5.74) is 0. The zero-order valence-corrected chi connectivity index (χ0v) is 5.02. The van der Waals surface area contributed by atoms with E-state index in [0.29, 0.717) is 0 Å². The van der Waals surface area contributed by atoms with E-state index in [1.165, 1.54) is 0 Å². The van der Waals surface area contributed by atoms with Crippen LogP contribution in [0.2, 0.25) is 0 Å². The molecule has 0 spiro atoms. The van der Waals surface area contributed by atoms with Crippen molar-refractivity contribution in [1.29, 1.82) is 0 Å². The van der Waals surface area contributed by atoms with Crippen LogP contribution >= 0.6 is 20.2 Å². The zero-order chi connectivity index (χ0) is 4.50. The number of hydrogen-bond acceptors (Lipinski definition) is 2. The maximum absolute atomic E-state index is 8.88. The van der Waals surface area contributed by atoms with Gasteiger partial charge in [0, 0.05) is 0 Å². The number of rotatable bonds is 0. The molecule has 0 fully saturated rings. The molecule has 0 aliphatic carbocycles. The maximum atomic E-state index is 8.88. The standard InChI is InChI=1S/ClH.2K.H3N.H3O4P.2H/c;;;;1-5(2,3)4;;/h1H;;;1H3;(H3,1,2,3,4);;. The summed E-state index contributed by atoms with van der Waals surface area (Å²) in [4.78, 5) is 21.6. The minimum atomic E-state index is -4.64. The predicted octanol–water partition coefficient (Wildman–Crippen LogP) is -1.64. The molecule has 0 atom stereocenters. The van der Waals surface area contributed by atoms with E-state index in [1.54, 1.807) is 0 Å². The third-order valence-corrected chi connectivity index (χ3v) is 0. The fourth-order valence-corrected chi connectivity index (χ4v) is 0. The van der Waals surface area contributed by atoms with Gasteiger partial charge in [-0.2, -0.15) is 0 Å². The van der Waals surface area contributed by atoms with Gasteiger partial charge >= 0.3 is 111 Å². The third-order valence-electron chi connectivity index (χ3n) is 0. The van der Waals surface area contributed by atoms with Gasteiger partial charge in [-0.25, -0.2) is 4.57 Å². The van der Waals surface area contributed by atoms with E-state index >= 15 is 0 Å². The molecular formula is H9ClK2NO4P. The molecule has 0 aromatic heterocycles. The SMILES string of the molecule is Cl.N.O=P(O)(O)O.[KH].[KH]. The summed E-state index contributed by atoms with van der Waals surface area (Å²) in [6, 6.07) is 0. The molecule has 0 aromatic rings. The van der Waals surface area contributed by atoms with Gasteiger partial charge in [0.2, 0.25) is 0 Å². The van der Waals surface area contributed by atoms with Crippen molar-refractivity contribution < 1.29 is 19.2 Å². The van der Waals surface area contributed by atoms with Gasteiger partial charge in [-0.1, -0.05) is 0 Å². The van der Waals surface area contributed by atoms with Crippen LogP contribution in [0.15, 0.2) is 0 Å². The quantitative estimate of drug-likeness (QED) is 0.295. The van der Waals surface area contributed by atoms with Crippen LogP contribution in [0.1, 0.15) is 0 Å². The van der Waals surface area contributed by atoms with E-state index in [0.717, 1.165) is 0 Å². The van der Waals surface area contributed by atoms with Crippen LogP contribution in [-0.4, -0.2) is 117 Å². The van der Waals surface area contributed by atoms with Crippen LogP contribution < -0.4 is 6.15 Å². The molecule has 0 bridgehead atoms. The molecule has 6 N–H and O–H groups in total. The first-order chi connectivity index (χ1) is 2.00. The fraction of sp³-hybridized carbons (Fsp3) is 0. The van der Waals surface area contributed by atoms with E-state index in [9.17, 15) is 0 Å². The monoisotopic (exact) mass is 231 g/mol. The molecule has 0 amide bonds. The first kappa shape index (κ1) is 29.3. The van der Waals surface area contributed by atoms with Gasteiger partial charge in [-0.3, -0.25) is 0 Å². The Labute approximate surface area is 144 Å². The van der Waals surface area contributed by atoms with E-state index in [4.69, 9.17) is 19.2 Å². The van der Waals surface area contributed by atoms with Crippen LogP contribution in [-0.2, 0) is 4.57 Å². The Hall–Kier alpha value is 3.63. The molecule has 0 aliphatic heterocycles. The zero-order valence-electron chi connectivity index (χ0n) is 3.31. The molecule has 52 valence electrons. The molecule has 0 aliphatic rings. The predicted molar refractivity (Wildman–Crippen MR) is 40.8 cm³/mol. The number of phosphoric acid groups is 1. The minimum absolute atomic E-state index is 0. The number of hydrogen-bond donors (Lipinski definition) is 4. The molecule has 0 unspecified atom stereocenters. The second-order valence-corrected chi connectivity index (χ2v) is 1.54.